The average Bonchev–Trinajstić information content (AvgIpc) is 2.59. The van der Waals surface area contributed by atoms with Gasteiger partial charge in [-0.15, -0.1) is 24.0 Å². The van der Waals surface area contributed by atoms with Crippen LogP contribution in [0.2, 0.25) is 0 Å². The molecule has 0 N–H and O–H groups in total. The van der Waals surface area contributed by atoms with Gasteiger partial charge in [-0.25, -0.2) is 0 Å². The van der Waals surface area contributed by atoms with E-state index in [0.717, 1.165) is 6.07 Å². The second-order valence-electron chi connectivity index (χ2n) is 3.93. The van der Waals surface area contributed by atoms with Crippen LogP contribution in [0.4, 0.5) is 13.2 Å². The van der Waals surface area contributed by atoms with E-state index in [2.05, 4.69) is 18.2 Å². The van der Waals surface area contributed by atoms with Crippen LogP contribution in [0.15, 0.2) is 84.9 Å². The molecule has 0 aliphatic carbocycles. The molecule has 0 nitrogen and oxygen atoms in total. The van der Waals surface area contributed by atoms with E-state index in [1.165, 1.54) is 18.2 Å². The quantitative estimate of drug-likeness (QED) is 0.132. The van der Waals surface area contributed by atoms with Crippen LogP contribution in [0.1, 0.15) is 5.56 Å². The van der Waals surface area contributed by atoms with Crippen LogP contribution in [-0.2, 0) is 26.6 Å². The van der Waals surface area contributed by atoms with Gasteiger partial charge in [-0.3, -0.25) is 0 Å². The second kappa shape index (κ2) is 18.1. The van der Waals surface area contributed by atoms with Crippen molar-refractivity contribution in [3.63, 3.8) is 0 Å². The predicted molar refractivity (Wildman–Crippen MR) is 107 cm³/mol. The van der Waals surface area contributed by atoms with Gasteiger partial charge in [0.25, 0.3) is 0 Å². The minimum absolute atomic E-state index is 0. The van der Waals surface area contributed by atoms with E-state index in [0.29, 0.717) is 0 Å². The minimum Gasteiger partial charge on any atom is -0.184 e. The molecule has 0 spiro atoms. The predicted octanol–water partition coefficient (Wildman–Crippen LogP) is 6.15. The first-order valence-electron chi connectivity index (χ1n) is 6.47. The Morgan fingerprint density at radius 2 is 1.04 bits per heavy atom. The summed E-state index contributed by atoms with van der Waals surface area (Å²) in [5.74, 6) is 0. The van der Waals surface area contributed by atoms with Gasteiger partial charge in [0, 0.05) is 20.4 Å². The smallest absolute Gasteiger partial charge is 0.184 e. The normalized spacial score (nSPS) is 8.44. The first kappa shape index (κ1) is 29.1. The summed E-state index contributed by atoms with van der Waals surface area (Å²) in [6, 6.07) is 32.1. The van der Waals surface area contributed by atoms with Crippen molar-refractivity contribution < 1.29 is 33.6 Å². The fourth-order valence-corrected chi connectivity index (χ4v) is 1.25. The van der Waals surface area contributed by atoms with Crippen molar-refractivity contribution in [1.82, 2.24) is 0 Å². The van der Waals surface area contributed by atoms with Crippen LogP contribution in [0.3, 0.4) is 0 Å². The van der Waals surface area contributed by atoms with Crippen molar-refractivity contribution in [3.8, 4) is 0 Å². The Kier molecular flexibility index (Phi) is 21.0. The molecule has 0 bridgehead atoms. The Hall–Kier alpha value is -0.728. The summed E-state index contributed by atoms with van der Waals surface area (Å²) in [5, 5.41) is 0. The van der Waals surface area contributed by atoms with Crippen LogP contribution in [0, 0.1) is 18.2 Å². The molecule has 0 aliphatic heterocycles. The van der Waals surface area contributed by atoms with Crippen LogP contribution in [0.5, 0.6) is 0 Å². The van der Waals surface area contributed by atoms with Gasteiger partial charge in [0.1, 0.15) is 0 Å². The Balaban J connectivity index is -0.000000286. The summed E-state index contributed by atoms with van der Waals surface area (Å²) in [6.07, 6.45) is -4.26. The van der Waals surface area contributed by atoms with Gasteiger partial charge in [0.15, 0.2) is 0 Å². The Bertz CT molecular complexity index is 508. The van der Waals surface area contributed by atoms with Gasteiger partial charge in [0.2, 0.25) is 0 Å². The summed E-state index contributed by atoms with van der Waals surface area (Å²) in [7, 11) is 0. The van der Waals surface area contributed by atoms with Gasteiger partial charge in [0.05, 0.1) is 0 Å². The number of halogens is 4. The maximum Gasteiger partial charge on any atom is 0.394 e. The zero-order chi connectivity index (χ0) is 16.1. The van der Waals surface area contributed by atoms with Gasteiger partial charge in [-0.2, -0.15) is 126 Å². The summed E-state index contributed by atoms with van der Waals surface area (Å²) >= 11 is 0. The van der Waals surface area contributed by atoms with Crippen LogP contribution >= 0.6 is 33.9 Å². The molecular formula is C19H18F3IPPd-3. The molecular weight excluding hydrogens is 550 g/mol. The second-order valence-corrected chi connectivity index (χ2v) is 3.93. The third kappa shape index (κ3) is 16.5. The molecule has 0 radical (unpaired) electrons. The number of hydrogen-bond donors (Lipinski definition) is 0. The van der Waals surface area contributed by atoms with E-state index in [1.54, 1.807) is 0 Å². The minimum atomic E-state index is -4.26. The third-order valence-corrected chi connectivity index (χ3v) is 2.23. The molecule has 3 aromatic rings. The van der Waals surface area contributed by atoms with Crippen molar-refractivity contribution in [2.45, 2.75) is 6.18 Å². The molecule has 3 rings (SSSR count). The van der Waals surface area contributed by atoms with E-state index >= 15 is 0 Å². The average molecular weight is 568 g/mol. The standard InChI is InChI=1S/C7H4F3.2C6H5.HI.H3P.Pd/c8-7(9,10)6-4-2-1-3-5-6;2*1-2-4-6-5-3-1;;;/h1-4H;2*1-5H;1H;1H3;/q3*-1;;;. The molecule has 0 heterocycles. The Morgan fingerprint density at radius 3 is 1.20 bits per heavy atom. The Labute approximate surface area is 181 Å². The maximum absolute atomic E-state index is 11.8. The topological polar surface area (TPSA) is 0 Å². The number of benzene rings is 3. The van der Waals surface area contributed by atoms with Crippen molar-refractivity contribution in [1.29, 1.82) is 0 Å². The van der Waals surface area contributed by atoms with Gasteiger partial charge >= 0.3 is 6.18 Å². The summed E-state index contributed by atoms with van der Waals surface area (Å²) in [6.45, 7) is 0. The van der Waals surface area contributed by atoms with E-state index in [1.807, 2.05) is 60.7 Å². The zero-order valence-corrected chi connectivity index (χ0v) is 18.4. The number of rotatable bonds is 0. The van der Waals surface area contributed by atoms with Gasteiger partial charge in [-0.1, -0.05) is 5.56 Å². The summed E-state index contributed by atoms with van der Waals surface area (Å²) in [5.41, 5.74) is -0.727. The first-order valence-corrected chi connectivity index (χ1v) is 6.47. The molecule has 1 atom stereocenters. The van der Waals surface area contributed by atoms with Crippen molar-refractivity contribution in [2.75, 3.05) is 0 Å². The fraction of sp³-hybridized carbons (Fsp3) is 0.0526. The van der Waals surface area contributed by atoms with Crippen molar-refractivity contribution >= 4 is 33.9 Å². The molecule has 1 unspecified atom stereocenters. The maximum atomic E-state index is 11.8. The number of hydrogen-bond acceptors (Lipinski definition) is 0. The van der Waals surface area contributed by atoms with Crippen molar-refractivity contribution in [2.24, 2.45) is 0 Å². The Morgan fingerprint density at radius 1 is 0.640 bits per heavy atom. The first-order chi connectivity index (χ1) is 10.6. The summed E-state index contributed by atoms with van der Waals surface area (Å²) in [4.78, 5) is 0. The molecule has 0 aromatic heterocycles. The van der Waals surface area contributed by atoms with Crippen molar-refractivity contribution in [3.05, 3.63) is 109 Å². The monoisotopic (exact) mass is 567 g/mol. The fourth-order valence-electron chi connectivity index (χ4n) is 1.25. The molecule has 0 aliphatic rings. The van der Waals surface area contributed by atoms with E-state index in [-0.39, 0.29) is 54.3 Å². The largest absolute Gasteiger partial charge is 0.394 e. The number of alkyl halides is 3. The molecule has 25 heavy (non-hydrogen) atoms. The van der Waals surface area contributed by atoms with Gasteiger partial charge in [-0.05, 0) is 0 Å². The molecule has 6 heteroatoms. The van der Waals surface area contributed by atoms with Gasteiger partial charge < -0.3 is 0 Å². The molecule has 140 valence electrons. The van der Waals surface area contributed by atoms with Crippen LogP contribution in [-0.4, -0.2) is 0 Å². The van der Waals surface area contributed by atoms with E-state index in [4.69, 9.17) is 0 Å². The molecule has 0 fully saturated rings. The third-order valence-electron chi connectivity index (χ3n) is 2.23. The molecule has 0 saturated carbocycles. The molecule has 0 saturated heterocycles. The van der Waals surface area contributed by atoms with E-state index < -0.39 is 11.7 Å². The molecule has 0 amide bonds. The van der Waals surface area contributed by atoms with Crippen LogP contribution in [0.25, 0.3) is 0 Å². The zero-order valence-electron chi connectivity index (χ0n) is 13.1. The summed E-state index contributed by atoms with van der Waals surface area (Å²) < 4.78 is 35.3. The SMILES string of the molecule is FC(F)(F)c1[c-]cccc1.I.P.[Pd].[c-]1ccccc1.[c-]1ccccc1. The molecule has 3 aromatic carbocycles. The van der Waals surface area contributed by atoms with Crippen LogP contribution < -0.4 is 0 Å². The van der Waals surface area contributed by atoms with E-state index in [9.17, 15) is 13.2 Å².